The van der Waals surface area contributed by atoms with Gasteiger partial charge in [-0.2, -0.15) is 0 Å². The van der Waals surface area contributed by atoms with Crippen LogP contribution in [-0.4, -0.2) is 9.55 Å². The Labute approximate surface area is 123 Å². The van der Waals surface area contributed by atoms with Gasteiger partial charge in [-0.05, 0) is 49.2 Å². The van der Waals surface area contributed by atoms with Gasteiger partial charge in [0.05, 0.1) is 11.0 Å². The van der Waals surface area contributed by atoms with Crippen molar-refractivity contribution in [2.24, 2.45) is 0 Å². The third-order valence-corrected chi connectivity index (χ3v) is 3.65. The fraction of sp³-hybridized carbons (Fsp3) is 0.235. The number of anilines is 1. The normalized spacial score (nSPS) is 11.2. The molecule has 0 atom stereocenters. The van der Waals surface area contributed by atoms with Crippen LogP contribution in [0.4, 0.5) is 10.1 Å². The lowest BCUT2D eigenvalue weighted by molar-refractivity contribution is 0.629. The molecule has 4 heteroatoms. The van der Waals surface area contributed by atoms with Crippen molar-refractivity contribution in [3.63, 3.8) is 0 Å². The smallest absolute Gasteiger partial charge is 0.141 e. The molecule has 0 aliphatic rings. The summed E-state index contributed by atoms with van der Waals surface area (Å²) < 4.78 is 15.6. The average Bonchev–Trinajstić information content (AvgIpc) is 2.77. The molecule has 0 saturated carbocycles. The first kappa shape index (κ1) is 13.6. The molecule has 3 rings (SSSR count). The second kappa shape index (κ2) is 5.20. The largest absolute Gasteiger partial charge is 0.399 e. The standard InChI is InChI=1S/C17H18FN3/c1-3-8-21-16-7-4-12(18)10-15(16)20-17(21)14-6-5-13(19)9-11(14)2/h4-7,9-10H,3,8,19H2,1-2H3. The highest BCUT2D eigenvalue weighted by Gasteiger charge is 2.14. The zero-order chi connectivity index (χ0) is 15.0. The average molecular weight is 283 g/mol. The minimum atomic E-state index is -0.260. The van der Waals surface area contributed by atoms with Gasteiger partial charge in [-0.25, -0.2) is 9.37 Å². The van der Waals surface area contributed by atoms with Gasteiger partial charge in [0, 0.05) is 23.9 Å². The molecule has 0 amide bonds. The Morgan fingerprint density at radius 3 is 2.71 bits per heavy atom. The van der Waals surface area contributed by atoms with Gasteiger partial charge in [0.1, 0.15) is 11.6 Å². The van der Waals surface area contributed by atoms with Crippen molar-refractivity contribution >= 4 is 16.7 Å². The highest BCUT2D eigenvalue weighted by atomic mass is 19.1. The lowest BCUT2D eigenvalue weighted by Gasteiger charge is -2.10. The molecule has 1 heterocycles. The number of aromatic nitrogens is 2. The van der Waals surface area contributed by atoms with Crippen LogP contribution in [0.15, 0.2) is 36.4 Å². The number of nitrogen functional groups attached to an aromatic ring is 1. The molecule has 1 aromatic heterocycles. The Balaban J connectivity index is 2.27. The van der Waals surface area contributed by atoms with Crippen LogP contribution in [0.1, 0.15) is 18.9 Å². The maximum absolute atomic E-state index is 13.4. The molecule has 0 radical (unpaired) electrons. The molecular weight excluding hydrogens is 265 g/mol. The lowest BCUT2D eigenvalue weighted by atomic mass is 10.1. The van der Waals surface area contributed by atoms with Crippen molar-refractivity contribution < 1.29 is 4.39 Å². The monoisotopic (exact) mass is 283 g/mol. The minimum Gasteiger partial charge on any atom is -0.399 e. The first-order chi connectivity index (χ1) is 10.1. The first-order valence-electron chi connectivity index (χ1n) is 7.12. The Morgan fingerprint density at radius 1 is 1.19 bits per heavy atom. The Bertz CT molecular complexity index is 805. The molecule has 2 aromatic carbocycles. The van der Waals surface area contributed by atoms with Gasteiger partial charge in [0.15, 0.2) is 0 Å². The molecule has 0 saturated heterocycles. The topological polar surface area (TPSA) is 43.8 Å². The molecule has 0 aliphatic carbocycles. The van der Waals surface area contributed by atoms with Gasteiger partial charge < -0.3 is 10.3 Å². The van der Waals surface area contributed by atoms with Gasteiger partial charge in [-0.3, -0.25) is 0 Å². The van der Waals surface area contributed by atoms with Crippen molar-refractivity contribution in [3.8, 4) is 11.4 Å². The molecule has 0 aliphatic heterocycles. The molecular formula is C17H18FN3. The van der Waals surface area contributed by atoms with Crippen LogP contribution in [0.3, 0.4) is 0 Å². The number of imidazole rings is 1. The van der Waals surface area contributed by atoms with Crippen LogP contribution in [0.5, 0.6) is 0 Å². The number of nitrogens with two attached hydrogens (primary N) is 1. The van der Waals surface area contributed by atoms with Crippen LogP contribution >= 0.6 is 0 Å². The zero-order valence-corrected chi connectivity index (χ0v) is 12.2. The highest BCUT2D eigenvalue weighted by Crippen LogP contribution is 2.29. The fourth-order valence-corrected chi connectivity index (χ4v) is 2.70. The molecule has 2 N–H and O–H groups in total. The van der Waals surface area contributed by atoms with E-state index in [4.69, 9.17) is 5.73 Å². The molecule has 0 bridgehead atoms. The summed E-state index contributed by atoms with van der Waals surface area (Å²) in [6.07, 6.45) is 0.990. The number of fused-ring (bicyclic) bond motifs is 1. The maximum Gasteiger partial charge on any atom is 0.141 e. The quantitative estimate of drug-likeness (QED) is 0.734. The molecule has 21 heavy (non-hydrogen) atoms. The number of hydrogen-bond acceptors (Lipinski definition) is 2. The van der Waals surface area contributed by atoms with Crippen LogP contribution < -0.4 is 5.73 Å². The summed E-state index contributed by atoms with van der Waals surface area (Å²) in [5.74, 6) is 0.610. The number of nitrogens with zero attached hydrogens (tertiary/aromatic N) is 2. The van der Waals surface area contributed by atoms with Gasteiger partial charge in [0.25, 0.3) is 0 Å². The van der Waals surface area contributed by atoms with E-state index in [1.54, 1.807) is 6.07 Å². The molecule has 0 unspecified atom stereocenters. The Morgan fingerprint density at radius 2 is 2.00 bits per heavy atom. The summed E-state index contributed by atoms with van der Waals surface area (Å²) in [6.45, 7) is 4.98. The summed E-state index contributed by atoms with van der Waals surface area (Å²) in [4.78, 5) is 4.64. The third-order valence-electron chi connectivity index (χ3n) is 3.65. The van der Waals surface area contributed by atoms with E-state index in [1.165, 1.54) is 12.1 Å². The van der Waals surface area contributed by atoms with Crippen LogP contribution in [0.2, 0.25) is 0 Å². The van der Waals surface area contributed by atoms with Crippen LogP contribution in [0, 0.1) is 12.7 Å². The summed E-state index contributed by atoms with van der Waals surface area (Å²) in [6, 6.07) is 10.6. The van der Waals surface area contributed by atoms with Crippen molar-refractivity contribution in [1.29, 1.82) is 0 Å². The molecule has 3 nitrogen and oxygen atoms in total. The van der Waals surface area contributed by atoms with E-state index in [1.807, 2.05) is 25.1 Å². The first-order valence-corrected chi connectivity index (χ1v) is 7.12. The Kier molecular flexibility index (Phi) is 3.37. The summed E-state index contributed by atoms with van der Waals surface area (Å²) in [7, 11) is 0. The SMILES string of the molecule is CCCn1c(-c2ccc(N)cc2C)nc2cc(F)ccc21. The van der Waals surface area contributed by atoms with Gasteiger partial charge in [0.2, 0.25) is 0 Å². The highest BCUT2D eigenvalue weighted by molar-refractivity contribution is 5.81. The van der Waals surface area contributed by atoms with Crippen LogP contribution in [-0.2, 0) is 6.54 Å². The van der Waals surface area contributed by atoms with Crippen LogP contribution in [0.25, 0.3) is 22.4 Å². The van der Waals surface area contributed by atoms with Crippen molar-refractivity contribution in [1.82, 2.24) is 9.55 Å². The Hall–Kier alpha value is -2.36. The van der Waals surface area contributed by atoms with E-state index < -0.39 is 0 Å². The maximum atomic E-state index is 13.4. The summed E-state index contributed by atoms with van der Waals surface area (Å²) in [5.41, 5.74) is 10.3. The van der Waals surface area contributed by atoms with E-state index in [0.29, 0.717) is 5.52 Å². The predicted octanol–water partition coefficient (Wildman–Crippen LogP) is 4.14. The fourth-order valence-electron chi connectivity index (χ4n) is 2.70. The van der Waals surface area contributed by atoms with Crippen molar-refractivity contribution in [2.75, 3.05) is 5.73 Å². The molecule has 3 aromatic rings. The second-order valence-electron chi connectivity index (χ2n) is 5.29. The van der Waals surface area contributed by atoms with E-state index in [9.17, 15) is 4.39 Å². The van der Waals surface area contributed by atoms with Gasteiger partial charge in [-0.1, -0.05) is 6.92 Å². The van der Waals surface area contributed by atoms with Crippen molar-refractivity contribution in [2.45, 2.75) is 26.8 Å². The minimum absolute atomic E-state index is 0.260. The number of halogens is 1. The van der Waals surface area contributed by atoms with E-state index in [2.05, 4.69) is 16.5 Å². The zero-order valence-electron chi connectivity index (χ0n) is 12.2. The number of aryl methyl sites for hydroxylation is 2. The van der Waals surface area contributed by atoms with E-state index in [-0.39, 0.29) is 5.82 Å². The third kappa shape index (κ3) is 2.37. The van der Waals surface area contributed by atoms with E-state index in [0.717, 1.165) is 41.1 Å². The number of hydrogen-bond donors (Lipinski definition) is 1. The number of rotatable bonds is 3. The van der Waals surface area contributed by atoms with Gasteiger partial charge in [-0.15, -0.1) is 0 Å². The summed E-state index contributed by atoms with van der Waals surface area (Å²) >= 11 is 0. The van der Waals surface area contributed by atoms with Gasteiger partial charge >= 0.3 is 0 Å². The molecule has 0 fully saturated rings. The molecule has 108 valence electrons. The number of benzene rings is 2. The second-order valence-corrected chi connectivity index (χ2v) is 5.29. The molecule has 0 spiro atoms. The summed E-state index contributed by atoms with van der Waals surface area (Å²) in [5, 5.41) is 0. The predicted molar refractivity (Wildman–Crippen MR) is 84.6 cm³/mol. The van der Waals surface area contributed by atoms with Crippen molar-refractivity contribution in [3.05, 3.63) is 47.8 Å². The lowest BCUT2D eigenvalue weighted by Crippen LogP contribution is -2.01. The van der Waals surface area contributed by atoms with E-state index >= 15 is 0 Å².